The first kappa shape index (κ1) is 21.7. The van der Waals surface area contributed by atoms with E-state index >= 15 is 0 Å². The molecule has 0 aliphatic carbocycles. The second-order valence-corrected chi connectivity index (χ2v) is 7.44. The van der Waals surface area contributed by atoms with E-state index in [9.17, 15) is 9.59 Å². The maximum atomic E-state index is 12.6. The first-order chi connectivity index (χ1) is 16.0. The molecule has 4 aromatic rings. The molecule has 1 amide bonds. The molecule has 33 heavy (non-hydrogen) atoms. The molecule has 1 aromatic heterocycles. The molecule has 0 radical (unpaired) electrons. The summed E-state index contributed by atoms with van der Waals surface area (Å²) in [6.07, 6.45) is 0. The van der Waals surface area contributed by atoms with E-state index in [-0.39, 0.29) is 11.5 Å². The van der Waals surface area contributed by atoms with Crippen molar-refractivity contribution < 1.29 is 14.7 Å². The molecule has 0 saturated heterocycles. The molecule has 3 N–H and O–H groups in total. The minimum absolute atomic E-state index is 0.208. The molecule has 0 spiro atoms. The fraction of sp³-hybridized carbons (Fsp3) is 0.0769. The van der Waals surface area contributed by atoms with Gasteiger partial charge in [-0.1, -0.05) is 48.5 Å². The number of carboxylic acid groups (broad SMARTS) is 1. The quantitative estimate of drug-likeness (QED) is 0.382. The average Bonchev–Trinajstić information content (AvgIpc) is 2.83. The van der Waals surface area contributed by atoms with Crippen molar-refractivity contribution in [1.82, 2.24) is 15.3 Å². The zero-order valence-corrected chi connectivity index (χ0v) is 17.9. The van der Waals surface area contributed by atoms with Crippen LogP contribution in [0, 0.1) is 6.92 Å². The Morgan fingerprint density at radius 3 is 2.33 bits per heavy atom. The van der Waals surface area contributed by atoms with Crippen molar-refractivity contribution in [2.75, 3.05) is 5.32 Å². The Labute approximate surface area is 191 Å². The number of anilines is 2. The number of aryl methyl sites for hydroxylation is 1. The minimum Gasteiger partial charge on any atom is -0.478 e. The van der Waals surface area contributed by atoms with Crippen molar-refractivity contribution >= 4 is 23.4 Å². The Morgan fingerprint density at radius 2 is 1.61 bits per heavy atom. The third-order valence-electron chi connectivity index (χ3n) is 4.96. The van der Waals surface area contributed by atoms with E-state index in [1.165, 1.54) is 12.1 Å². The van der Waals surface area contributed by atoms with E-state index < -0.39 is 5.97 Å². The number of carboxylic acids is 1. The Bertz CT molecular complexity index is 1290. The molecule has 0 unspecified atom stereocenters. The van der Waals surface area contributed by atoms with Gasteiger partial charge < -0.3 is 15.7 Å². The summed E-state index contributed by atoms with van der Waals surface area (Å²) < 4.78 is 0. The lowest BCUT2D eigenvalue weighted by Crippen LogP contribution is -2.22. The van der Waals surface area contributed by atoms with Crippen molar-refractivity contribution in [3.05, 3.63) is 107 Å². The summed E-state index contributed by atoms with van der Waals surface area (Å²) in [5.41, 5.74) is 4.05. The van der Waals surface area contributed by atoms with E-state index in [1.54, 1.807) is 30.3 Å². The van der Waals surface area contributed by atoms with E-state index in [0.29, 0.717) is 23.8 Å². The predicted molar refractivity (Wildman–Crippen MR) is 127 cm³/mol. The molecule has 3 aromatic carbocycles. The highest BCUT2D eigenvalue weighted by atomic mass is 16.4. The largest absolute Gasteiger partial charge is 0.478 e. The lowest BCUT2D eigenvalue weighted by atomic mass is 10.1. The van der Waals surface area contributed by atoms with Gasteiger partial charge in [0.15, 0.2) is 0 Å². The van der Waals surface area contributed by atoms with Crippen LogP contribution in [-0.4, -0.2) is 27.0 Å². The fourth-order valence-electron chi connectivity index (χ4n) is 3.32. The summed E-state index contributed by atoms with van der Waals surface area (Å²) in [6.45, 7) is 2.13. The topological polar surface area (TPSA) is 104 Å². The highest BCUT2D eigenvalue weighted by Crippen LogP contribution is 2.22. The number of hydrogen-bond donors (Lipinski definition) is 3. The van der Waals surface area contributed by atoms with E-state index in [1.807, 2.05) is 49.4 Å². The molecular formula is C26H22N4O3. The molecule has 0 bridgehead atoms. The predicted octanol–water partition coefficient (Wildman–Crippen LogP) is 4.82. The van der Waals surface area contributed by atoms with Crippen LogP contribution in [0.4, 0.5) is 11.5 Å². The van der Waals surface area contributed by atoms with Gasteiger partial charge >= 0.3 is 5.97 Å². The van der Waals surface area contributed by atoms with Crippen molar-refractivity contribution in [3.63, 3.8) is 0 Å². The van der Waals surface area contributed by atoms with Gasteiger partial charge in [0.2, 0.25) is 0 Å². The summed E-state index contributed by atoms with van der Waals surface area (Å²) >= 11 is 0. The first-order valence-electron chi connectivity index (χ1n) is 10.4. The summed E-state index contributed by atoms with van der Waals surface area (Å²) in [5.74, 6) is 0.0635. The van der Waals surface area contributed by atoms with Gasteiger partial charge in [-0.2, -0.15) is 0 Å². The second kappa shape index (κ2) is 9.74. The van der Waals surface area contributed by atoms with Crippen LogP contribution >= 0.6 is 0 Å². The normalized spacial score (nSPS) is 10.5. The Kier molecular flexibility index (Phi) is 6.40. The molecule has 164 valence electrons. The number of aromatic carboxylic acids is 1. The minimum atomic E-state index is -0.982. The standard InChI is InChI=1S/C26H22N4O3/c1-17-28-23(19-6-3-2-4-7-19)15-24(29-17)30-22-9-5-8-21(14-22)25(31)27-16-18-10-12-20(13-11-18)26(32)33/h2-15H,16H2,1H3,(H,27,31)(H,32,33)(H,28,29,30). The number of carbonyl (C=O) groups excluding carboxylic acids is 1. The third kappa shape index (κ3) is 5.59. The molecular weight excluding hydrogens is 416 g/mol. The Balaban J connectivity index is 1.45. The number of nitrogens with one attached hydrogen (secondary N) is 2. The molecule has 0 aliphatic rings. The van der Waals surface area contributed by atoms with Crippen LogP contribution in [0.1, 0.15) is 32.1 Å². The summed E-state index contributed by atoms with van der Waals surface area (Å²) in [4.78, 5) is 32.6. The number of nitrogens with zero attached hydrogens (tertiary/aromatic N) is 2. The number of benzene rings is 3. The van der Waals surface area contributed by atoms with Crippen molar-refractivity contribution in [3.8, 4) is 11.3 Å². The first-order valence-corrected chi connectivity index (χ1v) is 10.4. The van der Waals surface area contributed by atoms with Crippen LogP contribution in [0.2, 0.25) is 0 Å². The number of aromatic nitrogens is 2. The Morgan fingerprint density at radius 1 is 0.848 bits per heavy atom. The molecule has 0 fully saturated rings. The van der Waals surface area contributed by atoms with E-state index in [4.69, 9.17) is 5.11 Å². The van der Waals surface area contributed by atoms with Crippen molar-refractivity contribution in [1.29, 1.82) is 0 Å². The summed E-state index contributed by atoms with van der Waals surface area (Å²) in [5, 5.41) is 15.1. The fourth-order valence-corrected chi connectivity index (χ4v) is 3.32. The van der Waals surface area contributed by atoms with Crippen LogP contribution < -0.4 is 10.6 Å². The van der Waals surface area contributed by atoms with Gasteiger partial charge in [0.25, 0.3) is 5.91 Å². The zero-order chi connectivity index (χ0) is 23.2. The molecule has 0 saturated carbocycles. The molecule has 0 aliphatic heterocycles. The van der Waals surface area contributed by atoms with Gasteiger partial charge in [-0.25, -0.2) is 14.8 Å². The maximum absolute atomic E-state index is 12.6. The van der Waals surface area contributed by atoms with Crippen LogP contribution in [0.15, 0.2) is 84.9 Å². The van der Waals surface area contributed by atoms with E-state index in [0.717, 1.165) is 22.5 Å². The van der Waals surface area contributed by atoms with Crippen LogP contribution in [0.3, 0.4) is 0 Å². The van der Waals surface area contributed by atoms with Crippen LogP contribution in [0.5, 0.6) is 0 Å². The van der Waals surface area contributed by atoms with E-state index in [2.05, 4.69) is 20.6 Å². The lowest BCUT2D eigenvalue weighted by molar-refractivity contribution is 0.0696. The van der Waals surface area contributed by atoms with Crippen molar-refractivity contribution in [2.24, 2.45) is 0 Å². The van der Waals surface area contributed by atoms with Gasteiger partial charge in [0.05, 0.1) is 11.3 Å². The number of hydrogen-bond acceptors (Lipinski definition) is 5. The molecule has 1 heterocycles. The number of rotatable bonds is 7. The molecule has 0 atom stereocenters. The smallest absolute Gasteiger partial charge is 0.335 e. The zero-order valence-electron chi connectivity index (χ0n) is 17.9. The molecule has 4 rings (SSSR count). The van der Waals surface area contributed by atoms with Gasteiger partial charge in [0, 0.05) is 29.4 Å². The number of amides is 1. The summed E-state index contributed by atoms with van der Waals surface area (Å²) in [6, 6.07) is 25.3. The third-order valence-corrected chi connectivity index (χ3v) is 4.96. The average molecular weight is 438 g/mol. The van der Waals surface area contributed by atoms with Gasteiger partial charge in [-0.3, -0.25) is 4.79 Å². The monoisotopic (exact) mass is 438 g/mol. The van der Waals surface area contributed by atoms with Gasteiger partial charge in [0.1, 0.15) is 11.6 Å². The SMILES string of the molecule is Cc1nc(Nc2cccc(C(=O)NCc3ccc(C(=O)O)cc3)c2)cc(-c2ccccc2)n1. The molecule has 7 nitrogen and oxygen atoms in total. The molecule has 7 heteroatoms. The van der Waals surface area contributed by atoms with Crippen LogP contribution in [0.25, 0.3) is 11.3 Å². The van der Waals surface area contributed by atoms with Gasteiger partial charge in [-0.05, 0) is 42.8 Å². The van der Waals surface area contributed by atoms with Crippen LogP contribution in [-0.2, 0) is 6.54 Å². The van der Waals surface area contributed by atoms with Crippen molar-refractivity contribution in [2.45, 2.75) is 13.5 Å². The number of carbonyl (C=O) groups is 2. The maximum Gasteiger partial charge on any atom is 0.335 e. The summed E-state index contributed by atoms with van der Waals surface area (Å²) in [7, 11) is 0. The highest BCUT2D eigenvalue weighted by molar-refractivity contribution is 5.95. The van der Waals surface area contributed by atoms with Gasteiger partial charge in [-0.15, -0.1) is 0 Å². The Hall–Kier alpha value is -4.52. The second-order valence-electron chi connectivity index (χ2n) is 7.44. The highest BCUT2D eigenvalue weighted by Gasteiger charge is 2.09. The lowest BCUT2D eigenvalue weighted by Gasteiger charge is -2.11.